The van der Waals surface area contributed by atoms with Gasteiger partial charge in [0.15, 0.2) is 0 Å². The fourth-order valence-electron chi connectivity index (χ4n) is 3.83. The second-order valence-electron chi connectivity index (χ2n) is 12.5. The summed E-state index contributed by atoms with van der Waals surface area (Å²) < 4.78 is 4.54. The molecule has 0 radical (unpaired) electrons. The van der Waals surface area contributed by atoms with Gasteiger partial charge in [-0.1, -0.05) is 101 Å². The smallest absolute Gasteiger partial charge is 0.408 e. The number of nitrogens with one attached hydrogen (secondary N) is 3. The third-order valence-corrected chi connectivity index (χ3v) is 9.62. The van der Waals surface area contributed by atoms with Crippen molar-refractivity contribution in [1.82, 2.24) is 16.0 Å². The van der Waals surface area contributed by atoms with Gasteiger partial charge in [-0.2, -0.15) is 0 Å². The van der Waals surface area contributed by atoms with Crippen LogP contribution in [-0.2, 0) is 14.3 Å². The first kappa shape index (κ1) is 45.3. The van der Waals surface area contributed by atoms with Gasteiger partial charge < -0.3 is 30.9 Å². The van der Waals surface area contributed by atoms with Crippen LogP contribution in [0.5, 0.6) is 0 Å². The Kier molecular flexibility index (Phi) is 26.5. The Labute approximate surface area is 297 Å². The van der Waals surface area contributed by atoms with Crippen LogP contribution in [0.15, 0.2) is 72.9 Å². The second kappa shape index (κ2) is 28.1. The number of rotatable bonds is 25. The number of carbonyl (C=O) groups excluding carboxylic acids is 3. The Hall–Kier alpha value is -2.73. The molecule has 1 atom stereocenters. The van der Waals surface area contributed by atoms with E-state index in [0.717, 1.165) is 38.5 Å². The van der Waals surface area contributed by atoms with E-state index in [1.807, 2.05) is 19.9 Å². The zero-order valence-electron chi connectivity index (χ0n) is 29.9. The minimum atomic E-state index is -1.01. The summed E-state index contributed by atoms with van der Waals surface area (Å²) in [6.07, 6.45) is 31.9. The third-order valence-electron chi connectivity index (χ3n) is 6.32. The van der Waals surface area contributed by atoms with Crippen LogP contribution in [0.2, 0.25) is 0 Å². The molecule has 0 aliphatic carbocycles. The number of ether oxygens (including phenoxy) is 1. The van der Waals surface area contributed by atoms with Crippen molar-refractivity contribution in [3.63, 3.8) is 0 Å². The standard InChI is InChI=1S/C37H61N3O6S2/c1-7-8-9-10-11-12-13-14-15-16-17-18-19-20-21-22-23-24-25-26-32(43)38-27-28-47-48-37(5,6)33(34(44)39-31(29-41)30-42)40-35(45)46-36(2,3)4/h8-9,11-12,14-15,17-18,20-21,23-24,31,33,41-42H,7,10,13,16,19,22,25-30H2,1-6H3,(H,38,43)(H,39,44)(H,40,45)/b9-8-,12-11-,15-14-,18-17-,21-20-,24-23-/t33-/m0/s1. The highest BCUT2D eigenvalue weighted by Crippen LogP contribution is 2.38. The molecule has 0 aromatic rings. The molecule has 0 aliphatic heterocycles. The van der Waals surface area contributed by atoms with Gasteiger partial charge in [0.05, 0.1) is 24.0 Å². The van der Waals surface area contributed by atoms with Crippen molar-refractivity contribution >= 4 is 39.5 Å². The molecule has 0 spiro atoms. The maximum Gasteiger partial charge on any atom is 0.408 e. The highest BCUT2D eigenvalue weighted by molar-refractivity contribution is 8.77. The number of amides is 3. The molecule has 5 N–H and O–H groups in total. The topological polar surface area (TPSA) is 137 Å². The van der Waals surface area contributed by atoms with Crippen LogP contribution in [0.4, 0.5) is 4.79 Å². The summed E-state index contributed by atoms with van der Waals surface area (Å²) in [6, 6.07) is -1.86. The fourth-order valence-corrected chi connectivity index (χ4v) is 6.36. The highest BCUT2D eigenvalue weighted by atomic mass is 33.1. The number of hydrogen-bond acceptors (Lipinski definition) is 8. The van der Waals surface area contributed by atoms with Crippen molar-refractivity contribution in [1.29, 1.82) is 0 Å². The quantitative estimate of drug-likeness (QED) is 0.0385. The normalized spacial score (nSPS) is 13.6. The molecule has 0 unspecified atom stereocenters. The van der Waals surface area contributed by atoms with Crippen LogP contribution in [0, 0.1) is 0 Å². The zero-order valence-corrected chi connectivity index (χ0v) is 31.5. The van der Waals surface area contributed by atoms with Crippen molar-refractivity contribution in [2.75, 3.05) is 25.5 Å². The van der Waals surface area contributed by atoms with E-state index in [-0.39, 0.29) is 5.91 Å². The molecule has 3 amide bonds. The zero-order chi connectivity index (χ0) is 36.1. The van der Waals surface area contributed by atoms with Gasteiger partial charge in [0.25, 0.3) is 0 Å². The molecule has 9 nitrogen and oxygen atoms in total. The van der Waals surface area contributed by atoms with Crippen LogP contribution in [0.3, 0.4) is 0 Å². The average Bonchev–Trinajstić information content (AvgIpc) is 3.02. The monoisotopic (exact) mass is 707 g/mol. The largest absolute Gasteiger partial charge is 0.444 e. The van der Waals surface area contributed by atoms with Gasteiger partial charge in [-0.15, -0.1) is 0 Å². The fraction of sp³-hybridized carbons (Fsp3) is 0.595. The first-order valence-corrected chi connectivity index (χ1v) is 19.2. The minimum Gasteiger partial charge on any atom is -0.444 e. The minimum absolute atomic E-state index is 0.0257. The van der Waals surface area contributed by atoms with Gasteiger partial charge in [-0.05, 0) is 79.6 Å². The summed E-state index contributed by atoms with van der Waals surface area (Å²) in [5, 5.41) is 26.9. The van der Waals surface area contributed by atoms with Crippen LogP contribution < -0.4 is 16.0 Å². The van der Waals surface area contributed by atoms with Crippen molar-refractivity contribution in [2.45, 2.75) is 115 Å². The Morgan fingerprint density at radius 2 is 1.21 bits per heavy atom. The SMILES string of the molecule is CC/C=C\C/C=C\C/C=C\C/C=C\C/C=C\C/C=C\CCC(=O)NCCSSC(C)(C)[C@@H](NC(=O)OC(C)(C)C)C(=O)NC(CO)CO. The number of aliphatic hydroxyl groups is 2. The van der Waals surface area contributed by atoms with Crippen LogP contribution in [-0.4, -0.2) is 76.1 Å². The Morgan fingerprint density at radius 1 is 0.729 bits per heavy atom. The molecular weight excluding hydrogens is 647 g/mol. The van der Waals surface area contributed by atoms with E-state index in [1.165, 1.54) is 21.6 Å². The molecule has 0 fully saturated rings. The summed E-state index contributed by atoms with van der Waals surface area (Å²) in [6.45, 7) is 10.5. The van der Waals surface area contributed by atoms with Gasteiger partial charge >= 0.3 is 6.09 Å². The van der Waals surface area contributed by atoms with Crippen molar-refractivity contribution in [3.05, 3.63) is 72.9 Å². The van der Waals surface area contributed by atoms with E-state index >= 15 is 0 Å². The maximum absolute atomic E-state index is 13.0. The van der Waals surface area contributed by atoms with E-state index in [4.69, 9.17) is 4.74 Å². The van der Waals surface area contributed by atoms with Crippen molar-refractivity contribution < 1.29 is 29.3 Å². The van der Waals surface area contributed by atoms with E-state index in [9.17, 15) is 24.6 Å². The predicted octanol–water partition coefficient (Wildman–Crippen LogP) is 7.10. The van der Waals surface area contributed by atoms with Crippen LogP contribution >= 0.6 is 21.6 Å². The maximum atomic E-state index is 13.0. The Balaban J connectivity index is 4.33. The second-order valence-corrected chi connectivity index (χ2v) is 15.5. The van der Waals surface area contributed by atoms with Crippen LogP contribution in [0.1, 0.15) is 92.9 Å². The molecular formula is C37H61N3O6S2. The summed E-state index contributed by atoms with van der Waals surface area (Å²) in [7, 11) is 2.86. The number of aliphatic hydroxyl groups excluding tert-OH is 2. The number of hydrogen-bond donors (Lipinski definition) is 5. The molecule has 48 heavy (non-hydrogen) atoms. The van der Waals surface area contributed by atoms with Crippen molar-refractivity contribution in [2.24, 2.45) is 0 Å². The lowest BCUT2D eigenvalue weighted by atomic mass is 10.0. The predicted molar refractivity (Wildman–Crippen MR) is 204 cm³/mol. The molecule has 272 valence electrons. The molecule has 11 heteroatoms. The summed E-state index contributed by atoms with van der Waals surface area (Å²) >= 11 is 0. The number of alkyl carbamates (subject to hydrolysis) is 1. The summed E-state index contributed by atoms with van der Waals surface area (Å²) in [5.41, 5.74) is -0.750. The number of carbonyl (C=O) groups is 3. The lowest BCUT2D eigenvalue weighted by Crippen LogP contribution is -2.59. The van der Waals surface area contributed by atoms with Gasteiger partial charge in [0, 0.05) is 18.7 Å². The van der Waals surface area contributed by atoms with E-state index in [0.29, 0.717) is 25.1 Å². The van der Waals surface area contributed by atoms with Crippen molar-refractivity contribution in [3.8, 4) is 0 Å². The first-order valence-electron chi connectivity index (χ1n) is 16.8. The molecule has 0 aromatic carbocycles. The number of allylic oxidation sites excluding steroid dienone is 12. The molecule has 0 heterocycles. The Morgan fingerprint density at radius 3 is 1.67 bits per heavy atom. The lowest BCUT2D eigenvalue weighted by molar-refractivity contribution is -0.125. The van der Waals surface area contributed by atoms with Crippen LogP contribution in [0.25, 0.3) is 0 Å². The lowest BCUT2D eigenvalue weighted by Gasteiger charge is -2.34. The van der Waals surface area contributed by atoms with E-state index < -0.39 is 47.6 Å². The Bertz CT molecular complexity index is 1070. The summed E-state index contributed by atoms with van der Waals surface area (Å²) in [5.74, 6) is 0.0215. The van der Waals surface area contributed by atoms with Gasteiger partial charge in [-0.25, -0.2) is 4.79 Å². The van der Waals surface area contributed by atoms with Gasteiger partial charge in [0.2, 0.25) is 11.8 Å². The molecule has 0 saturated heterocycles. The summed E-state index contributed by atoms with van der Waals surface area (Å²) in [4.78, 5) is 37.7. The molecule has 0 aromatic heterocycles. The van der Waals surface area contributed by atoms with E-state index in [2.05, 4.69) is 89.7 Å². The molecule has 0 bridgehead atoms. The average molecular weight is 708 g/mol. The molecule has 0 aliphatic rings. The molecule has 0 saturated carbocycles. The van der Waals surface area contributed by atoms with Gasteiger partial charge in [-0.3, -0.25) is 9.59 Å². The van der Waals surface area contributed by atoms with Gasteiger partial charge in [0.1, 0.15) is 11.6 Å². The molecule has 0 rings (SSSR count). The van der Waals surface area contributed by atoms with E-state index in [1.54, 1.807) is 20.8 Å². The third kappa shape index (κ3) is 26.3. The first-order chi connectivity index (χ1) is 22.9. The highest BCUT2D eigenvalue weighted by Gasteiger charge is 2.39.